The maximum Gasteiger partial charge on any atom is 0.219 e. The molecule has 0 saturated carbocycles. The van der Waals surface area contributed by atoms with Crippen LogP contribution in [0.25, 0.3) is 0 Å². The van der Waals surface area contributed by atoms with Crippen molar-refractivity contribution in [2.75, 3.05) is 0 Å². The van der Waals surface area contributed by atoms with Gasteiger partial charge in [0.2, 0.25) is 5.91 Å². The van der Waals surface area contributed by atoms with Crippen LogP contribution >= 0.6 is 0 Å². The average molecular weight is 168 g/mol. The average Bonchev–Trinajstić information content (AvgIpc) is 2.34. The summed E-state index contributed by atoms with van der Waals surface area (Å²) in [6.45, 7) is 0. The van der Waals surface area contributed by atoms with E-state index in [-0.39, 0.29) is 12.5 Å². The largest absolute Gasteiger partial charge is 0.370 e. The van der Waals surface area contributed by atoms with E-state index in [4.69, 9.17) is 11.5 Å². The van der Waals surface area contributed by atoms with Gasteiger partial charge in [0.25, 0.3) is 0 Å². The standard InChI is InChI=1S/C7H12N4O/c1-11-4-5(3-10-11)6(8)2-7(9)12/h3-4,6H,2,8H2,1H3,(H2,9,12)/t6-/m0/s1. The summed E-state index contributed by atoms with van der Waals surface area (Å²) in [5.74, 6) is -0.397. The van der Waals surface area contributed by atoms with Gasteiger partial charge in [-0.25, -0.2) is 0 Å². The van der Waals surface area contributed by atoms with Crippen molar-refractivity contribution < 1.29 is 4.79 Å². The Labute approximate surface area is 70.3 Å². The van der Waals surface area contributed by atoms with Crippen LogP contribution in [0.4, 0.5) is 0 Å². The molecule has 5 nitrogen and oxygen atoms in total. The van der Waals surface area contributed by atoms with Crippen molar-refractivity contribution in [3.05, 3.63) is 18.0 Å². The lowest BCUT2D eigenvalue weighted by atomic mass is 10.1. The fraction of sp³-hybridized carbons (Fsp3) is 0.429. The second-order valence-corrected chi connectivity index (χ2v) is 2.72. The minimum Gasteiger partial charge on any atom is -0.370 e. The molecule has 1 heterocycles. The smallest absolute Gasteiger partial charge is 0.219 e. The SMILES string of the molecule is Cn1cc([C@@H](N)CC(N)=O)cn1. The van der Waals surface area contributed by atoms with E-state index in [1.807, 2.05) is 0 Å². The first-order chi connectivity index (χ1) is 5.59. The molecular weight excluding hydrogens is 156 g/mol. The van der Waals surface area contributed by atoms with E-state index in [2.05, 4.69) is 5.10 Å². The Bertz CT molecular complexity index is 281. The number of primary amides is 1. The second kappa shape index (κ2) is 3.36. The van der Waals surface area contributed by atoms with Crippen LogP contribution in [0.5, 0.6) is 0 Å². The van der Waals surface area contributed by atoms with Crippen LogP contribution in [-0.2, 0) is 11.8 Å². The highest BCUT2D eigenvalue weighted by Crippen LogP contribution is 2.11. The van der Waals surface area contributed by atoms with Gasteiger partial charge in [0.1, 0.15) is 0 Å². The van der Waals surface area contributed by atoms with Crippen molar-refractivity contribution in [1.82, 2.24) is 9.78 Å². The molecule has 1 rings (SSSR count). The van der Waals surface area contributed by atoms with Gasteiger partial charge in [0.05, 0.1) is 6.20 Å². The summed E-state index contributed by atoms with van der Waals surface area (Å²) in [6, 6.07) is -0.337. The maximum absolute atomic E-state index is 10.5. The number of aromatic nitrogens is 2. The number of amides is 1. The van der Waals surface area contributed by atoms with Crippen LogP contribution in [0, 0.1) is 0 Å². The topological polar surface area (TPSA) is 86.9 Å². The van der Waals surface area contributed by atoms with Crippen molar-refractivity contribution in [3.63, 3.8) is 0 Å². The van der Waals surface area contributed by atoms with Crippen LogP contribution in [0.1, 0.15) is 18.0 Å². The van der Waals surface area contributed by atoms with E-state index in [0.717, 1.165) is 5.56 Å². The van der Waals surface area contributed by atoms with Gasteiger partial charge in [-0.15, -0.1) is 0 Å². The summed E-state index contributed by atoms with van der Waals surface area (Å²) in [6.07, 6.45) is 3.56. The first-order valence-corrected chi connectivity index (χ1v) is 3.62. The molecule has 0 saturated heterocycles. The highest BCUT2D eigenvalue weighted by molar-refractivity contribution is 5.74. The molecule has 66 valence electrons. The van der Waals surface area contributed by atoms with Gasteiger partial charge in [-0.2, -0.15) is 5.10 Å². The maximum atomic E-state index is 10.5. The normalized spacial score (nSPS) is 12.8. The van der Waals surface area contributed by atoms with E-state index in [9.17, 15) is 4.79 Å². The zero-order chi connectivity index (χ0) is 9.14. The highest BCUT2D eigenvalue weighted by atomic mass is 16.1. The zero-order valence-corrected chi connectivity index (χ0v) is 6.90. The fourth-order valence-corrected chi connectivity index (χ4v) is 0.966. The number of carbonyl (C=O) groups excluding carboxylic acids is 1. The van der Waals surface area contributed by atoms with Crippen molar-refractivity contribution in [2.45, 2.75) is 12.5 Å². The van der Waals surface area contributed by atoms with Crippen LogP contribution in [0.3, 0.4) is 0 Å². The summed E-state index contributed by atoms with van der Waals surface area (Å²) in [5, 5.41) is 3.93. The summed E-state index contributed by atoms with van der Waals surface area (Å²) < 4.78 is 1.64. The van der Waals surface area contributed by atoms with Crippen LogP contribution in [0.2, 0.25) is 0 Å². The van der Waals surface area contributed by atoms with Crippen molar-refractivity contribution >= 4 is 5.91 Å². The van der Waals surface area contributed by atoms with E-state index < -0.39 is 5.91 Å². The molecule has 12 heavy (non-hydrogen) atoms. The molecule has 1 aromatic rings. The van der Waals surface area contributed by atoms with Gasteiger partial charge in [-0.1, -0.05) is 0 Å². The molecule has 0 radical (unpaired) electrons. The molecule has 1 aromatic heterocycles. The molecule has 1 amide bonds. The lowest BCUT2D eigenvalue weighted by Gasteiger charge is -2.04. The molecule has 0 aliphatic carbocycles. The predicted octanol–water partition coefficient (Wildman–Crippen LogP) is -0.705. The number of hydrogen-bond acceptors (Lipinski definition) is 3. The van der Waals surface area contributed by atoms with Gasteiger partial charge in [0.15, 0.2) is 0 Å². The minimum absolute atomic E-state index is 0.158. The lowest BCUT2D eigenvalue weighted by Crippen LogP contribution is -2.20. The van der Waals surface area contributed by atoms with E-state index >= 15 is 0 Å². The fourth-order valence-electron chi connectivity index (χ4n) is 0.966. The summed E-state index contributed by atoms with van der Waals surface area (Å²) in [7, 11) is 1.79. The van der Waals surface area contributed by atoms with Gasteiger partial charge in [0, 0.05) is 31.3 Å². The summed E-state index contributed by atoms with van der Waals surface area (Å²) in [4.78, 5) is 10.5. The molecule has 0 spiro atoms. The molecule has 0 unspecified atom stereocenters. The molecule has 4 N–H and O–H groups in total. The van der Waals surface area contributed by atoms with Crippen molar-refractivity contribution in [1.29, 1.82) is 0 Å². The zero-order valence-electron chi connectivity index (χ0n) is 6.90. The molecule has 1 atom stereocenters. The Hall–Kier alpha value is -1.36. The Morgan fingerprint density at radius 3 is 2.92 bits per heavy atom. The lowest BCUT2D eigenvalue weighted by molar-refractivity contribution is -0.118. The molecule has 0 aliphatic rings. The summed E-state index contributed by atoms with van der Waals surface area (Å²) >= 11 is 0. The number of carbonyl (C=O) groups is 1. The third kappa shape index (κ3) is 2.06. The number of hydrogen-bond donors (Lipinski definition) is 2. The van der Waals surface area contributed by atoms with Crippen LogP contribution in [0.15, 0.2) is 12.4 Å². The van der Waals surface area contributed by atoms with Crippen LogP contribution < -0.4 is 11.5 Å². The molecular formula is C7H12N4O. The molecule has 0 aromatic carbocycles. The minimum atomic E-state index is -0.397. The van der Waals surface area contributed by atoms with Gasteiger partial charge in [-0.05, 0) is 0 Å². The monoisotopic (exact) mass is 168 g/mol. The third-order valence-electron chi connectivity index (χ3n) is 1.57. The van der Waals surface area contributed by atoms with Gasteiger partial charge in [-0.3, -0.25) is 9.48 Å². The quantitative estimate of drug-likeness (QED) is 0.625. The Morgan fingerprint density at radius 2 is 2.50 bits per heavy atom. The van der Waals surface area contributed by atoms with Crippen molar-refractivity contribution in [2.24, 2.45) is 18.5 Å². The first kappa shape index (κ1) is 8.73. The third-order valence-corrected chi connectivity index (χ3v) is 1.57. The Kier molecular flexibility index (Phi) is 2.44. The van der Waals surface area contributed by atoms with E-state index in [1.165, 1.54) is 0 Å². The Morgan fingerprint density at radius 1 is 1.83 bits per heavy atom. The van der Waals surface area contributed by atoms with E-state index in [1.54, 1.807) is 24.1 Å². The van der Waals surface area contributed by atoms with E-state index in [0.29, 0.717) is 0 Å². The summed E-state index contributed by atoms with van der Waals surface area (Å²) in [5.41, 5.74) is 11.5. The molecule has 5 heteroatoms. The number of nitrogens with zero attached hydrogens (tertiary/aromatic N) is 2. The molecule has 0 fully saturated rings. The number of rotatable bonds is 3. The van der Waals surface area contributed by atoms with Crippen LogP contribution in [-0.4, -0.2) is 15.7 Å². The van der Waals surface area contributed by atoms with Crippen molar-refractivity contribution in [3.8, 4) is 0 Å². The number of nitrogens with two attached hydrogens (primary N) is 2. The highest BCUT2D eigenvalue weighted by Gasteiger charge is 2.10. The predicted molar refractivity (Wildman–Crippen MR) is 43.9 cm³/mol. The van der Waals surface area contributed by atoms with Gasteiger partial charge < -0.3 is 11.5 Å². The number of aryl methyl sites for hydroxylation is 1. The molecule has 0 aliphatic heterocycles. The molecule has 0 bridgehead atoms. The van der Waals surface area contributed by atoms with Gasteiger partial charge >= 0.3 is 0 Å². The second-order valence-electron chi connectivity index (χ2n) is 2.72. The first-order valence-electron chi connectivity index (χ1n) is 3.62. The Balaban J connectivity index is 2.64.